The van der Waals surface area contributed by atoms with Gasteiger partial charge in [-0.3, -0.25) is 0 Å². The van der Waals surface area contributed by atoms with E-state index in [0.29, 0.717) is 22.6 Å². The molecular formula is C24H24O7. The summed E-state index contributed by atoms with van der Waals surface area (Å²) in [4.78, 5) is 34.9. The summed E-state index contributed by atoms with van der Waals surface area (Å²) in [5.41, 5.74) is 2.19. The SMILES string of the molecule is C=C(C)C(=O)OCCOc1ccc(C(=O)Oc2ccc(C=CC(=O)OC)cc2)cc1C. The van der Waals surface area contributed by atoms with Crippen molar-refractivity contribution in [3.8, 4) is 11.5 Å². The van der Waals surface area contributed by atoms with Crippen molar-refractivity contribution in [3.63, 3.8) is 0 Å². The van der Waals surface area contributed by atoms with Crippen LogP contribution in [0.3, 0.4) is 0 Å². The normalized spacial score (nSPS) is 10.4. The summed E-state index contributed by atoms with van der Waals surface area (Å²) in [5.74, 6) is -0.484. The number of carbonyl (C=O) groups is 3. The molecule has 0 unspecified atom stereocenters. The fourth-order valence-electron chi connectivity index (χ4n) is 2.39. The van der Waals surface area contributed by atoms with Crippen LogP contribution in [0.15, 0.2) is 60.7 Å². The van der Waals surface area contributed by atoms with Gasteiger partial charge in [-0.05, 0) is 61.4 Å². The molecule has 0 aliphatic heterocycles. The van der Waals surface area contributed by atoms with Crippen LogP contribution >= 0.6 is 0 Å². The number of ether oxygens (including phenoxy) is 4. The monoisotopic (exact) mass is 424 g/mol. The molecule has 0 aromatic heterocycles. The number of carbonyl (C=O) groups excluding carboxylic acids is 3. The lowest BCUT2D eigenvalue weighted by Crippen LogP contribution is -2.13. The molecule has 162 valence electrons. The molecule has 2 aromatic carbocycles. The van der Waals surface area contributed by atoms with Crippen LogP contribution in [-0.2, 0) is 19.1 Å². The smallest absolute Gasteiger partial charge is 0.343 e. The van der Waals surface area contributed by atoms with Crippen LogP contribution < -0.4 is 9.47 Å². The number of benzene rings is 2. The molecule has 0 atom stereocenters. The molecule has 0 spiro atoms. The topological polar surface area (TPSA) is 88.1 Å². The highest BCUT2D eigenvalue weighted by Gasteiger charge is 2.11. The third-order valence-corrected chi connectivity index (χ3v) is 4.04. The standard InChI is InChI=1S/C24H24O7/c1-16(2)23(26)30-14-13-29-21-11-8-19(15-17(21)3)24(27)31-20-9-5-18(6-10-20)7-12-22(25)28-4/h5-12,15H,1,13-14H2,2-4H3. The predicted octanol–water partition coefficient (Wildman–Crippen LogP) is 3.90. The van der Waals surface area contributed by atoms with Crippen LogP contribution in [0.5, 0.6) is 11.5 Å². The van der Waals surface area contributed by atoms with Crippen molar-refractivity contribution in [2.24, 2.45) is 0 Å². The molecule has 2 rings (SSSR count). The maximum absolute atomic E-state index is 12.4. The van der Waals surface area contributed by atoms with Crippen LogP contribution in [0.25, 0.3) is 6.08 Å². The third-order valence-electron chi connectivity index (χ3n) is 4.04. The van der Waals surface area contributed by atoms with E-state index in [2.05, 4.69) is 11.3 Å². The average molecular weight is 424 g/mol. The number of aryl methyl sites for hydroxylation is 1. The number of hydrogen-bond donors (Lipinski definition) is 0. The number of esters is 3. The molecule has 2 aromatic rings. The van der Waals surface area contributed by atoms with Crippen molar-refractivity contribution in [1.29, 1.82) is 0 Å². The first-order chi connectivity index (χ1) is 14.8. The van der Waals surface area contributed by atoms with Crippen molar-refractivity contribution in [1.82, 2.24) is 0 Å². The van der Waals surface area contributed by atoms with Gasteiger partial charge in [0.1, 0.15) is 24.7 Å². The molecule has 0 heterocycles. The zero-order valence-electron chi connectivity index (χ0n) is 17.7. The Morgan fingerprint density at radius 2 is 1.74 bits per heavy atom. The first-order valence-electron chi connectivity index (χ1n) is 9.44. The molecule has 0 saturated heterocycles. The average Bonchev–Trinajstić information content (AvgIpc) is 2.76. The zero-order valence-corrected chi connectivity index (χ0v) is 17.7. The van der Waals surface area contributed by atoms with E-state index in [0.717, 1.165) is 11.1 Å². The Hall–Kier alpha value is -3.87. The largest absolute Gasteiger partial charge is 0.490 e. The van der Waals surface area contributed by atoms with E-state index in [-0.39, 0.29) is 13.2 Å². The fourth-order valence-corrected chi connectivity index (χ4v) is 2.39. The first kappa shape index (κ1) is 23.4. The molecule has 31 heavy (non-hydrogen) atoms. The van der Waals surface area contributed by atoms with Crippen molar-refractivity contribution >= 4 is 24.0 Å². The second kappa shape index (κ2) is 11.3. The van der Waals surface area contributed by atoms with Gasteiger partial charge in [-0.25, -0.2) is 14.4 Å². The zero-order chi connectivity index (χ0) is 22.8. The van der Waals surface area contributed by atoms with Gasteiger partial charge in [0.15, 0.2) is 0 Å². The van der Waals surface area contributed by atoms with Crippen LogP contribution in [0.4, 0.5) is 0 Å². The Bertz CT molecular complexity index is 987. The molecule has 0 aliphatic carbocycles. The highest BCUT2D eigenvalue weighted by molar-refractivity contribution is 5.91. The van der Waals surface area contributed by atoms with Gasteiger partial charge in [0.2, 0.25) is 0 Å². The van der Waals surface area contributed by atoms with Crippen LogP contribution in [0.1, 0.15) is 28.4 Å². The minimum absolute atomic E-state index is 0.0970. The Labute approximate surface area is 180 Å². The summed E-state index contributed by atoms with van der Waals surface area (Å²) >= 11 is 0. The molecule has 0 amide bonds. The number of methoxy groups -OCH3 is 1. The Morgan fingerprint density at radius 1 is 1.03 bits per heavy atom. The lowest BCUT2D eigenvalue weighted by atomic mass is 10.1. The molecule has 0 bridgehead atoms. The van der Waals surface area contributed by atoms with Crippen LogP contribution in [0, 0.1) is 6.92 Å². The highest BCUT2D eigenvalue weighted by atomic mass is 16.6. The van der Waals surface area contributed by atoms with Crippen molar-refractivity contribution in [2.45, 2.75) is 13.8 Å². The molecule has 7 nitrogen and oxygen atoms in total. The van der Waals surface area contributed by atoms with Crippen LogP contribution in [-0.4, -0.2) is 38.2 Å². The first-order valence-corrected chi connectivity index (χ1v) is 9.44. The quantitative estimate of drug-likeness (QED) is 0.261. The fraction of sp³-hybridized carbons (Fsp3) is 0.208. The molecule has 7 heteroatoms. The Balaban J connectivity index is 1.91. The summed E-state index contributed by atoms with van der Waals surface area (Å²) in [6, 6.07) is 11.6. The summed E-state index contributed by atoms with van der Waals surface area (Å²) in [5, 5.41) is 0. The van der Waals surface area contributed by atoms with Gasteiger partial charge >= 0.3 is 17.9 Å². The van der Waals surface area contributed by atoms with E-state index in [4.69, 9.17) is 14.2 Å². The summed E-state index contributed by atoms with van der Waals surface area (Å²) < 4.78 is 20.5. The van der Waals surface area contributed by atoms with Gasteiger partial charge in [0.05, 0.1) is 12.7 Å². The summed E-state index contributed by atoms with van der Waals surface area (Å²) in [7, 11) is 1.30. The van der Waals surface area contributed by atoms with E-state index < -0.39 is 17.9 Å². The van der Waals surface area contributed by atoms with E-state index in [9.17, 15) is 14.4 Å². The third kappa shape index (κ3) is 7.47. The molecular weight excluding hydrogens is 400 g/mol. The summed E-state index contributed by atoms with van der Waals surface area (Å²) in [6.07, 6.45) is 2.90. The Morgan fingerprint density at radius 3 is 2.35 bits per heavy atom. The van der Waals surface area contributed by atoms with Gasteiger partial charge in [0.25, 0.3) is 0 Å². The Kier molecular flexibility index (Phi) is 8.57. The summed E-state index contributed by atoms with van der Waals surface area (Å²) in [6.45, 7) is 7.15. The minimum Gasteiger partial charge on any atom is -0.490 e. The molecule has 0 radical (unpaired) electrons. The van der Waals surface area contributed by atoms with E-state index in [1.54, 1.807) is 62.4 Å². The minimum atomic E-state index is -0.511. The maximum Gasteiger partial charge on any atom is 0.343 e. The van der Waals surface area contributed by atoms with Gasteiger partial charge in [-0.15, -0.1) is 0 Å². The lowest BCUT2D eigenvalue weighted by Gasteiger charge is -2.11. The second-order valence-corrected chi connectivity index (χ2v) is 6.56. The van der Waals surface area contributed by atoms with Gasteiger partial charge in [0, 0.05) is 11.6 Å². The van der Waals surface area contributed by atoms with E-state index >= 15 is 0 Å². The lowest BCUT2D eigenvalue weighted by molar-refractivity contribution is -0.139. The van der Waals surface area contributed by atoms with Gasteiger partial charge in [-0.1, -0.05) is 18.7 Å². The number of hydrogen-bond acceptors (Lipinski definition) is 7. The molecule has 0 fully saturated rings. The van der Waals surface area contributed by atoms with Crippen LogP contribution in [0.2, 0.25) is 0 Å². The molecule has 0 N–H and O–H groups in total. The van der Waals surface area contributed by atoms with E-state index in [1.165, 1.54) is 13.2 Å². The molecule has 0 saturated carbocycles. The molecule has 0 aliphatic rings. The van der Waals surface area contributed by atoms with Gasteiger partial charge in [-0.2, -0.15) is 0 Å². The second-order valence-electron chi connectivity index (χ2n) is 6.56. The van der Waals surface area contributed by atoms with Crippen molar-refractivity contribution in [2.75, 3.05) is 20.3 Å². The van der Waals surface area contributed by atoms with Crippen molar-refractivity contribution in [3.05, 3.63) is 77.4 Å². The maximum atomic E-state index is 12.4. The van der Waals surface area contributed by atoms with E-state index in [1.807, 2.05) is 0 Å². The highest BCUT2D eigenvalue weighted by Crippen LogP contribution is 2.21. The predicted molar refractivity (Wildman–Crippen MR) is 115 cm³/mol. The van der Waals surface area contributed by atoms with Gasteiger partial charge < -0.3 is 18.9 Å². The van der Waals surface area contributed by atoms with Crippen molar-refractivity contribution < 1.29 is 33.3 Å². The number of rotatable bonds is 9.